The van der Waals surface area contributed by atoms with Gasteiger partial charge in [0.05, 0.1) is 11.9 Å². The Morgan fingerprint density at radius 2 is 2.23 bits per heavy atom. The summed E-state index contributed by atoms with van der Waals surface area (Å²) in [6.45, 7) is 3.99. The molecule has 70 valence electrons. The number of nitrogens with zero attached hydrogens (tertiary/aromatic N) is 2. The van der Waals surface area contributed by atoms with E-state index in [2.05, 4.69) is 9.97 Å². The lowest BCUT2D eigenvalue weighted by Crippen LogP contribution is -2.13. The second-order valence-electron chi connectivity index (χ2n) is 2.95. The molecule has 1 aromatic heterocycles. The van der Waals surface area contributed by atoms with Crippen LogP contribution < -0.4 is 5.73 Å². The van der Waals surface area contributed by atoms with Crippen molar-refractivity contribution in [1.82, 2.24) is 9.97 Å². The van der Waals surface area contributed by atoms with E-state index in [1.807, 2.05) is 13.8 Å². The lowest BCUT2D eigenvalue weighted by atomic mass is 10.1. The smallest absolute Gasteiger partial charge is 0.151 e. The number of rotatable bonds is 2. The van der Waals surface area contributed by atoms with Crippen LogP contribution in [0.25, 0.3) is 0 Å². The first kappa shape index (κ1) is 10.3. The summed E-state index contributed by atoms with van der Waals surface area (Å²) in [4.78, 5) is 8.38. The molecule has 1 heterocycles. The SMILES string of the molecule is CC(C)c1ncc(C(N)=S)nc1Cl. The van der Waals surface area contributed by atoms with Crippen LogP contribution in [0.2, 0.25) is 5.15 Å². The molecule has 5 heteroatoms. The Hall–Kier alpha value is -0.740. The molecule has 13 heavy (non-hydrogen) atoms. The highest BCUT2D eigenvalue weighted by atomic mass is 35.5. The van der Waals surface area contributed by atoms with Gasteiger partial charge in [-0.25, -0.2) is 4.98 Å². The minimum absolute atomic E-state index is 0.213. The van der Waals surface area contributed by atoms with Crippen molar-refractivity contribution in [1.29, 1.82) is 0 Å². The number of hydrogen-bond donors (Lipinski definition) is 1. The third-order valence-corrected chi connectivity index (χ3v) is 2.04. The number of nitrogens with two attached hydrogens (primary N) is 1. The molecule has 0 bridgehead atoms. The molecule has 2 N–H and O–H groups in total. The number of aromatic nitrogens is 2. The molecule has 0 spiro atoms. The van der Waals surface area contributed by atoms with Crippen LogP contribution in [-0.2, 0) is 0 Å². The van der Waals surface area contributed by atoms with Gasteiger partial charge < -0.3 is 5.73 Å². The van der Waals surface area contributed by atoms with Crippen LogP contribution in [0, 0.1) is 0 Å². The first-order chi connectivity index (χ1) is 6.02. The average Bonchev–Trinajstić information content (AvgIpc) is 2.03. The second kappa shape index (κ2) is 3.98. The van der Waals surface area contributed by atoms with Crippen molar-refractivity contribution in [3.05, 3.63) is 22.7 Å². The first-order valence-corrected chi connectivity index (χ1v) is 4.63. The zero-order chi connectivity index (χ0) is 10.0. The summed E-state index contributed by atoms with van der Waals surface area (Å²) in [5.74, 6) is 0.250. The molecule has 0 aromatic carbocycles. The van der Waals surface area contributed by atoms with Gasteiger partial charge in [0, 0.05) is 0 Å². The highest BCUT2D eigenvalue weighted by Crippen LogP contribution is 2.19. The highest BCUT2D eigenvalue weighted by molar-refractivity contribution is 7.80. The Bertz CT molecular complexity index is 338. The minimum Gasteiger partial charge on any atom is -0.388 e. The van der Waals surface area contributed by atoms with E-state index in [-0.39, 0.29) is 10.9 Å². The summed E-state index contributed by atoms with van der Waals surface area (Å²) in [5, 5.41) is 0.375. The minimum atomic E-state index is 0.213. The fraction of sp³-hybridized carbons (Fsp3) is 0.375. The monoisotopic (exact) mass is 215 g/mol. The van der Waals surface area contributed by atoms with Crippen molar-refractivity contribution in [2.45, 2.75) is 19.8 Å². The van der Waals surface area contributed by atoms with E-state index < -0.39 is 0 Å². The fourth-order valence-electron chi connectivity index (χ4n) is 0.882. The molecule has 1 aromatic rings. The first-order valence-electron chi connectivity index (χ1n) is 3.84. The summed E-state index contributed by atoms with van der Waals surface area (Å²) < 4.78 is 0. The molecule has 0 fully saturated rings. The van der Waals surface area contributed by atoms with Gasteiger partial charge in [-0.1, -0.05) is 37.7 Å². The van der Waals surface area contributed by atoms with Crippen LogP contribution in [0.15, 0.2) is 6.20 Å². The Morgan fingerprint density at radius 1 is 1.62 bits per heavy atom. The standard InChI is InChI=1S/C8H10ClN3S/c1-4(2)6-7(9)12-5(3-11-6)8(10)13/h3-4H,1-2H3,(H2,10,13). The number of halogens is 1. The van der Waals surface area contributed by atoms with Crippen molar-refractivity contribution in [2.75, 3.05) is 0 Å². The number of thiocarbonyl (C=S) groups is 1. The molecular weight excluding hydrogens is 206 g/mol. The molecule has 1 rings (SSSR count). The Morgan fingerprint density at radius 3 is 2.62 bits per heavy atom. The third kappa shape index (κ3) is 2.35. The molecule has 0 atom stereocenters. The highest BCUT2D eigenvalue weighted by Gasteiger charge is 2.09. The summed E-state index contributed by atoms with van der Waals surface area (Å²) in [7, 11) is 0. The predicted molar refractivity (Wildman–Crippen MR) is 57.0 cm³/mol. The van der Waals surface area contributed by atoms with Crippen LogP contribution in [0.5, 0.6) is 0 Å². The topological polar surface area (TPSA) is 51.8 Å². The van der Waals surface area contributed by atoms with E-state index in [0.29, 0.717) is 10.8 Å². The molecule has 0 aliphatic heterocycles. The molecule has 0 aliphatic carbocycles. The van der Waals surface area contributed by atoms with Gasteiger partial charge in [0.15, 0.2) is 5.15 Å². The maximum absolute atomic E-state index is 5.88. The molecule has 0 radical (unpaired) electrons. The van der Waals surface area contributed by atoms with Gasteiger partial charge in [0.1, 0.15) is 10.7 Å². The predicted octanol–water partition coefficient (Wildman–Crippen LogP) is 1.89. The number of hydrogen-bond acceptors (Lipinski definition) is 3. The van der Waals surface area contributed by atoms with E-state index in [9.17, 15) is 0 Å². The van der Waals surface area contributed by atoms with Crippen molar-refractivity contribution in [2.24, 2.45) is 5.73 Å². The molecule has 0 saturated heterocycles. The van der Waals surface area contributed by atoms with Crippen molar-refractivity contribution in [3.8, 4) is 0 Å². The summed E-state index contributed by atoms with van der Waals surface area (Å²) in [6.07, 6.45) is 1.55. The molecule has 0 aliphatic rings. The van der Waals surface area contributed by atoms with Crippen LogP contribution in [-0.4, -0.2) is 15.0 Å². The maximum atomic E-state index is 5.88. The molecule has 3 nitrogen and oxygen atoms in total. The van der Waals surface area contributed by atoms with Crippen molar-refractivity contribution >= 4 is 28.8 Å². The summed E-state index contributed by atoms with van der Waals surface area (Å²) in [5.41, 5.74) is 6.61. The van der Waals surface area contributed by atoms with Crippen molar-refractivity contribution < 1.29 is 0 Å². The quantitative estimate of drug-likeness (QED) is 0.766. The van der Waals surface area contributed by atoms with Gasteiger partial charge in [0.25, 0.3) is 0 Å². The molecule has 0 unspecified atom stereocenters. The largest absolute Gasteiger partial charge is 0.388 e. The Kier molecular flexibility index (Phi) is 3.17. The van der Waals surface area contributed by atoms with Gasteiger partial charge in [-0.05, 0) is 5.92 Å². The van der Waals surface area contributed by atoms with Gasteiger partial charge in [-0.2, -0.15) is 0 Å². The normalized spacial score (nSPS) is 10.5. The van der Waals surface area contributed by atoms with E-state index in [1.54, 1.807) is 6.20 Å². The van der Waals surface area contributed by atoms with Crippen molar-refractivity contribution in [3.63, 3.8) is 0 Å². The lowest BCUT2D eigenvalue weighted by molar-refractivity contribution is 0.811. The van der Waals surface area contributed by atoms with Gasteiger partial charge in [-0.3, -0.25) is 4.98 Å². The molecular formula is C8H10ClN3S. The summed E-state index contributed by atoms with van der Waals surface area (Å²) in [6, 6.07) is 0. The van der Waals surface area contributed by atoms with Crippen LogP contribution >= 0.6 is 23.8 Å². The van der Waals surface area contributed by atoms with Crippen LogP contribution in [0.4, 0.5) is 0 Å². The van der Waals surface area contributed by atoms with Gasteiger partial charge in [0.2, 0.25) is 0 Å². The van der Waals surface area contributed by atoms with E-state index in [1.165, 1.54) is 0 Å². The zero-order valence-corrected chi connectivity index (χ0v) is 8.99. The third-order valence-electron chi connectivity index (χ3n) is 1.56. The van der Waals surface area contributed by atoms with Gasteiger partial charge in [-0.15, -0.1) is 0 Å². The molecule has 0 amide bonds. The Balaban J connectivity index is 3.13. The van der Waals surface area contributed by atoms with Crippen LogP contribution in [0.3, 0.4) is 0 Å². The van der Waals surface area contributed by atoms with Gasteiger partial charge >= 0.3 is 0 Å². The zero-order valence-electron chi connectivity index (χ0n) is 7.41. The lowest BCUT2D eigenvalue weighted by Gasteiger charge is -2.06. The fourth-order valence-corrected chi connectivity index (χ4v) is 1.34. The summed E-state index contributed by atoms with van der Waals surface area (Å²) >= 11 is 10.6. The Labute approximate surface area is 87.3 Å². The van der Waals surface area contributed by atoms with Crippen LogP contribution in [0.1, 0.15) is 31.2 Å². The molecule has 0 saturated carbocycles. The second-order valence-corrected chi connectivity index (χ2v) is 3.75. The average molecular weight is 216 g/mol. The van der Waals surface area contributed by atoms with E-state index >= 15 is 0 Å². The van der Waals surface area contributed by atoms with E-state index in [0.717, 1.165) is 5.69 Å². The maximum Gasteiger partial charge on any atom is 0.151 e. The van der Waals surface area contributed by atoms with E-state index in [4.69, 9.17) is 29.6 Å².